The van der Waals surface area contributed by atoms with Crippen LogP contribution in [0.4, 0.5) is 29.3 Å². The van der Waals surface area contributed by atoms with Crippen LogP contribution in [0.3, 0.4) is 0 Å². The number of ether oxygens (including phenoxy) is 1. The fraction of sp³-hybridized carbons (Fsp3) is 0.263. The third-order valence-electron chi connectivity index (χ3n) is 3.85. The van der Waals surface area contributed by atoms with Crippen molar-refractivity contribution in [3.05, 3.63) is 36.1 Å². The fourth-order valence-corrected chi connectivity index (χ4v) is 2.48. The molecule has 172 valence electrons. The van der Waals surface area contributed by atoms with Crippen molar-refractivity contribution in [1.29, 1.82) is 0 Å². The maximum atomic E-state index is 14.4. The van der Waals surface area contributed by atoms with Gasteiger partial charge in [-0.05, 0) is 24.3 Å². The highest BCUT2D eigenvalue weighted by Crippen LogP contribution is 2.33. The van der Waals surface area contributed by atoms with E-state index in [4.69, 9.17) is 25.5 Å². The van der Waals surface area contributed by atoms with Crippen LogP contribution in [0, 0.1) is 5.82 Å². The normalized spacial score (nSPS) is 10.9. The molecule has 0 aliphatic rings. The van der Waals surface area contributed by atoms with Crippen LogP contribution in [-0.4, -0.2) is 57.6 Å². The number of carboxylic acid groups (broad SMARTS) is 1. The Morgan fingerprint density at radius 1 is 1.19 bits per heavy atom. The smallest absolute Gasteiger partial charge is 0.490 e. The van der Waals surface area contributed by atoms with Crippen LogP contribution in [-0.2, 0) is 4.79 Å². The molecule has 5 N–H and O–H groups in total. The Balaban J connectivity index is 0.000000451. The minimum atomic E-state index is -5.08. The molecule has 0 spiro atoms. The van der Waals surface area contributed by atoms with Crippen molar-refractivity contribution in [3.63, 3.8) is 0 Å². The zero-order valence-electron chi connectivity index (χ0n) is 16.6. The molecule has 0 saturated carbocycles. The zero-order valence-corrected chi connectivity index (χ0v) is 16.6. The summed E-state index contributed by atoms with van der Waals surface area (Å²) in [4.78, 5) is 21.5. The van der Waals surface area contributed by atoms with Crippen LogP contribution in [0.2, 0.25) is 0 Å². The van der Waals surface area contributed by atoms with Crippen molar-refractivity contribution in [2.24, 2.45) is 0 Å². The average Bonchev–Trinajstić information content (AvgIpc) is 2.72. The molecule has 0 saturated heterocycles. The molecule has 0 aliphatic carbocycles. The van der Waals surface area contributed by atoms with Gasteiger partial charge in [-0.15, -0.1) is 0 Å². The number of halogens is 4. The second kappa shape index (κ2) is 10.5. The maximum Gasteiger partial charge on any atom is 0.490 e. The summed E-state index contributed by atoms with van der Waals surface area (Å²) >= 11 is 0. The molecule has 0 unspecified atom stereocenters. The molecule has 0 fully saturated rings. The van der Waals surface area contributed by atoms with E-state index in [2.05, 4.69) is 20.3 Å². The van der Waals surface area contributed by atoms with E-state index in [1.807, 2.05) is 0 Å². The van der Waals surface area contributed by atoms with Crippen molar-refractivity contribution in [2.75, 3.05) is 31.3 Å². The number of benzene rings is 1. The number of hydrogen-bond acceptors (Lipinski definition) is 8. The number of rotatable bonds is 6. The fourth-order valence-electron chi connectivity index (χ4n) is 2.48. The number of nitrogen functional groups attached to an aromatic ring is 1. The number of carbonyl (C=O) groups is 1. The number of carboxylic acids is 1. The predicted molar refractivity (Wildman–Crippen MR) is 108 cm³/mol. The highest BCUT2D eigenvalue weighted by atomic mass is 19.4. The lowest BCUT2D eigenvalue weighted by Crippen LogP contribution is -2.21. The van der Waals surface area contributed by atoms with E-state index < -0.39 is 18.0 Å². The number of fused-ring (bicyclic) bond motifs is 1. The molecule has 0 amide bonds. The van der Waals surface area contributed by atoms with Crippen molar-refractivity contribution in [2.45, 2.75) is 12.6 Å². The van der Waals surface area contributed by atoms with Gasteiger partial charge in [-0.1, -0.05) is 6.07 Å². The van der Waals surface area contributed by atoms with Gasteiger partial charge in [-0.25, -0.2) is 14.2 Å². The number of nitrogens with zero attached hydrogens (tertiary/aromatic N) is 3. The zero-order chi connectivity index (χ0) is 23.9. The van der Waals surface area contributed by atoms with E-state index in [0.29, 0.717) is 34.7 Å². The van der Waals surface area contributed by atoms with Gasteiger partial charge in [0.15, 0.2) is 5.65 Å². The van der Waals surface area contributed by atoms with Gasteiger partial charge in [0.2, 0.25) is 5.95 Å². The summed E-state index contributed by atoms with van der Waals surface area (Å²) in [5.74, 6) is -2.23. The standard InChI is InChI=1S/C17H18FN5O2.C2HF3O2/c1-20-15-10-6-7-12(21-16(10)23-17(19)22-15)14-11(18)4-2-5-13(14)25-9-3-8-24;3-2(4,5)1(6)7/h2,4-7,24H,3,8-9H2,1H3,(H3,19,20,21,22,23);(H,6,7). The predicted octanol–water partition coefficient (Wildman–Crippen LogP) is 2.85. The Hall–Kier alpha value is -3.74. The first-order chi connectivity index (χ1) is 15.1. The number of pyridine rings is 1. The van der Waals surface area contributed by atoms with E-state index >= 15 is 0 Å². The number of aliphatic hydroxyl groups is 1. The van der Waals surface area contributed by atoms with Crippen molar-refractivity contribution in [3.8, 4) is 17.0 Å². The molecular weight excluding hydrogens is 438 g/mol. The topological polar surface area (TPSA) is 143 Å². The lowest BCUT2D eigenvalue weighted by Gasteiger charge is -2.12. The van der Waals surface area contributed by atoms with Gasteiger partial charge >= 0.3 is 12.1 Å². The molecule has 32 heavy (non-hydrogen) atoms. The molecule has 0 aliphatic heterocycles. The Labute approximate surface area is 178 Å². The average molecular weight is 457 g/mol. The first-order valence-corrected chi connectivity index (χ1v) is 9.03. The van der Waals surface area contributed by atoms with Crippen LogP contribution >= 0.6 is 0 Å². The summed E-state index contributed by atoms with van der Waals surface area (Å²) in [5.41, 5.74) is 6.69. The molecular formula is C19H19F4N5O4. The monoisotopic (exact) mass is 457 g/mol. The minimum absolute atomic E-state index is 0.00185. The number of aliphatic carboxylic acids is 1. The lowest BCUT2D eigenvalue weighted by molar-refractivity contribution is -0.192. The number of anilines is 2. The van der Waals surface area contributed by atoms with E-state index in [1.165, 1.54) is 6.07 Å². The van der Waals surface area contributed by atoms with Crippen molar-refractivity contribution >= 4 is 28.8 Å². The molecule has 1 aromatic carbocycles. The molecule has 3 aromatic rings. The minimum Gasteiger partial charge on any atom is -0.493 e. The van der Waals surface area contributed by atoms with Crippen LogP contribution in [0.1, 0.15) is 6.42 Å². The molecule has 13 heteroatoms. The molecule has 0 radical (unpaired) electrons. The Morgan fingerprint density at radius 3 is 2.47 bits per heavy atom. The molecule has 0 atom stereocenters. The maximum absolute atomic E-state index is 14.4. The Bertz CT molecular complexity index is 1100. The van der Waals surface area contributed by atoms with Gasteiger partial charge in [0.05, 0.1) is 23.3 Å². The van der Waals surface area contributed by atoms with Crippen LogP contribution in [0.15, 0.2) is 30.3 Å². The summed E-state index contributed by atoms with van der Waals surface area (Å²) < 4.78 is 51.8. The summed E-state index contributed by atoms with van der Waals surface area (Å²) in [6.45, 7) is 0.279. The summed E-state index contributed by atoms with van der Waals surface area (Å²) in [6, 6.07) is 8.00. The van der Waals surface area contributed by atoms with E-state index in [9.17, 15) is 17.6 Å². The number of nitrogens with one attached hydrogen (secondary N) is 1. The Morgan fingerprint density at radius 2 is 1.88 bits per heavy atom. The summed E-state index contributed by atoms with van der Waals surface area (Å²) in [7, 11) is 1.72. The van der Waals surface area contributed by atoms with Crippen molar-refractivity contribution < 1.29 is 37.3 Å². The SMILES string of the molecule is CNc1nc(N)nc2nc(-c3c(F)cccc3OCCCO)ccc12.O=C(O)C(F)(F)F. The molecule has 2 aromatic heterocycles. The third kappa shape index (κ3) is 6.14. The van der Waals surface area contributed by atoms with E-state index in [-0.39, 0.29) is 24.7 Å². The largest absolute Gasteiger partial charge is 0.493 e. The number of aromatic nitrogens is 3. The Kier molecular flexibility index (Phi) is 8.07. The van der Waals surface area contributed by atoms with Crippen LogP contribution in [0.5, 0.6) is 5.75 Å². The van der Waals surface area contributed by atoms with E-state index in [1.54, 1.807) is 31.3 Å². The summed E-state index contributed by atoms with van der Waals surface area (Å²) in [6.07, 6.45) is -4.63. The van der Waals surface area contributed by atoms with Gasteiger partial charge in [-0.3, -0.25) is 0 Å². The second-order valence-electron chi connectivity index (χ2n) is 6.09. The van der Waals surface area contributed by atoms with Crippen LogP contribution in [0.25, 0.3) is 22.3 Å². The van der Waals surface area contributed by atoms with Gasteiger partial charge in [-0.2, -0.15) is 23.1 Å². The highest BCUT2D eigenvalue weighted by Gasteiger charge is 2.38. The number of aliphatic hydroxyl groups excluding tert-OH is 1. The number of hydrogen-bond donors (Lipinski definition) is 4. The van der Waals surface area contributed by atoms with Crippen molar-refractivity contribution in [1.82, 2.24) is 15.0 Å². The van der Waals surface area contributed by atoms with Crippen LogP contribution < -0.4 is 15.8 Å². The summed E-state index contributed by atoms with van der Waals surface area (Å²) in [5, 5.41) is 19.6. The molecule has 9 nitrogen and oxygen atoms in total. The van der Waals surface area contributed by atoms with Gasteiger partial charge in [0, 0.05) is 20.1 Å². The lowest BCUT2D eigenvalue weighted by atomic mass is 10.1. The highest BCUT2D eigenvalue weighted by molar-refractivity contribution is 5.89. The second-order valence-corrected chi connectivity index (χ2v) is 6.09. The molecule has 0 bridgehead atoms. The molecule has 2 heterocycles. The quantitative estimate of drug-likeness (QED) is 0.324. The number of alkyl halides is 3. The van der Waals surface area contributed by atoms with Gasteiger partial charge in [0.25, 0.3) is 0 Å². The van der Waals surface area contributed by atoms with E-state index in [0.717, 1.165) is 0 Å². The first kappa shape index (κ1) is 24.5. The molecule has 3 rings (SSSR count). The van der Waals surface area contributed by atoms with Gasteiger partial charge < -0.3 is 26.0 Å². The third-order valence-corrected chi connectivity index (χ3v) is 3.85. The van der Waals surface area contributed by atoms with Gasteiger partial charge in [0.1, 0.15) is 17.4 Å². The first-order valence-electron chi connectivity index (χ1n) is 9.03. The number of nitrogens with two attached hydrogens (primary N) is 1.